The third-order valence-electron chi connectivity index (χ3n) is 3.08. The number of aliphatic carboxylic acids is 1. The lowest BCUT2D eigenvalue weighted by molar-refractivity contribution is -0.163. The van der Waals surface area contributed by atoms with Crippen LogP contribution in [-0.4, -0.2) is 51.3 Å². The summed E-state index contributed by atoms with van der Waals surface area (Å²) in [5.74, 6) is -1.81. The van der Waals surface area contributed by atoms with Crippen molar-refractivity contribution in [1.82, 2.24) is 4.90 Å². The first-order valence-electron chi connectivity index (χ1n) is 7.53. The van der Waals surface area contributed by atoms with Crippen molar-refractivity contribution in [2.45, 2.75) is 45.4 Å². The summed E-state index contributed by atoms with van der Waals surface area (Å²) in [5.41, 5.74) is -1.70. The Morgan fingerprint density at radius 2 is 1.71 bits per heavy atom. The highest BCUT2D eigenvalue weighted by Gasteiger charge is 2.33. The van der Waals surface area contributed by atoms with Crippen LogP contribution in [0.5, 0.6) is 0 Å². The Labute approximate surface area is 150 Å². The van der Waals surface area contributed by atoms with Crippen molar-refractivity contribution in [2.24, 2.45) is 0 Å². The molecule has 24 heavy (non-hydrogen) atoms. The minimum atomic E-state index is -1.96. The van der Waals surface area contributed by atoms with E-state index in [4.69, 9.17) is 9.84 Å². The van der Waals surface area contributed by atoms with Crippen LogP contribution in [0.4, 0.5) is 0 Å². The Morgan fingerprint density at radius 3 is 2.17 bits per heavy atom. The number of aliphatic hydroxyl groups is 1. The number of ether oxygens (including phenoxy) is 1. The van der Waals surface area contributed by atoms with E-state index in [0.29, 0.717) is 6.54 Å². The van der Waals surface area contributed by atoms with E-state index in [9.17, 15) is 14.7 Å². The molecule has 7 heteroatoms. The topological polar surface area (TPSA) is 87.1 Å². The molecule has 134 valence electrons. The van der Waals surface area contributed by atoms with Crippen LogP contribution in [0.2, 0.25) is 0 Å². The second-order valence-electron chi connectivity index (χ2n) is 6.94. The highest BCUT2D eigenvalue weighted by Crippen LogP contribution is 2.15. The first-order valence-corrected chi connectivity index (χ1v) is 8.33. The van der Waals surface area contributed by atoms with Crippen LogP contribution in [-0.2, 0) is 20.9 Å². The average molecular weight is 402 g/mol. The zero-order chi connectivity index (χ0) is 18.5. The first-order chi connectivity index (χ1) is 10.9. The van der Waals surface area contributed by atoms with Gasteiger partial charge >= 0.3 is 11.9 Å². The molecule has 0 aliphatic rings. The molecule has 0 bridgehead atoms. The Balaban J connectivity index is 2.88. The number of halogens is 1. The number of carboxylic acid groups (broad SMARTS) is 1. The molecule has 1 aromatic rings. The minimum Gasteiger partial charge on any atom is -0.479 e. The van der Waals surface area contributed by atoms with Gasteiger partial charge < -0.3 is 14.9 Å². The zero-order valence-corrected chi connectivity index (χ0v) is 16.0. The van der Waals surface area contributed by atoms with Gasteiger partial charge in [0.1, 0.15) is 5.60 Å². The smallest absolute Gasteiger partial charge is 0.336 e. The summed E-state index contributed by atoms with van der Waals surface area (Å²) in [6.45, 7) is 6.50. The Morgan fingerprint density at radius 1 is 1.17 bits per heavy atom. The molecule has 0 fully saturated rings. The van der Waals surface area contributed by atoms with Crippen LogP contribution < -0.4 is 0 Å². The molecule has 0 saturated carbocycles. The summed E-state index contributed by atoms with van der Waals surface area (Å²) in [4.78, 5) is 24.8. The molecule has 0 radical (unpaired) electrons. The second kappa shape index (κ2) is 8.09. The van der Waals surface area contributed by atoms with Crippen LogP contribution in [0, 0.1) is 0 Å². The van der Waals surface area contributed by atoms with Crippen LogP contribution in [0.1, 0.15) is 33.3 Å². The molecule has 0 saturated heterocycles. The number of hydrogen-bond donors (Lipinski definition) is 2. The van der Waals surface area contributed by atoms with E-state index in [-0.39, 0.29) is 13.1 Å². The van der Waals surface area contributed by atoms with Crippen molar-refractivity contribution >= 4 is 27.9 Å². The molecule has 0 unspecified atom stereocenters. The molecule has 0 aromatic heterocycles. The van der Waals surface area contributed by atoms with E-state index in [1.165, 1.54) is 6.92 Å². The number of carbonyl (C=O) groups excluding carboxylic acids is 1. The van der Waals surface area contributed by atoms with Gasteiger partial charge in [-0.2, -0.15) is 0 Å². The predicted octanol–water partition coefficient (Wildman–Crippen LogP) is 2.43. The monoisotopic (exact) mass is 401 g/mol. The van der Waals surface area contributed by atoms with Crippen molar-refractivity contribution in [3.05, 3.63) is 34.3 Å². The van der Waals surface area contributed by atoms with Gasteiger partial charge in [-0.05, 0) is 45.4 Å². The molecule has 0 aliphatic carbocycles. The van der Waals surface area contributed by atoms with Crippen molar-refractivity contribution in [3.63, 3.8) is 0 Å². The van der Waals surface area contributed by atoms with E-state index in [2.05, 4.69) is 15.9 Å². The molecule has 1 rings (SSSR count). The SMILES string of the molecule is CC(C)(C)OC(=O)CN(Cc1ccc(Br)cc1)C[C@@](C)(O)C(=O)O. The van der Waals surface area contributed by atoms with Gasteiger partial charge in [0.15, 0.2) is 5.60 Å². The Bertz CT molecular complexity index is 578. The normalized spacial score (nSPS) is 14.3. The molecule has 6 nitrogen and oxygen atoms in total. The molecule has 1 atom stereocenters. The molecular formula is C17H24BrNO5. The van der Waals surface area contributed by atoms with Crippen LogP contribution in [0.15, 0.2) is 28.7 Å². The summed E-state index contributed by atoms with van der Waals surface area (Å²) in [6.07, 6.45) is 0. The predicted molar refractivity (Wildman–Crippen MR) is 93.5 cm³/mol. The number of hydrogen-bond acceptors (Lipinski definition) is 5. The van der Waals surface area contributed by atoms with Gasteiger partial charge in [0.25, 0.3) is 0 Å². The maximum Gasteiger partial charge on any atom is 0.336 e. The fraction of sp³-hybridized carbons (Fsp3) is 0.529. The van der Waals surface area contributed by atoms with Gasteiger partial charge in [-0.15, -0.1) is 0 Å². The van der Waals surface area contributed by atoms with E-state index in [1.807, 2.05) is 24.3 Å². The Hall–Kier alpha value is -1.44. The van der Waals surface area contributed by atoms with Crippen LogP contribution in [0.3, 0.4) is 0 Å². The lowest BCUT2D eigenvalue weighted by Gasteiger charge is -2.29. The van der Waals surface area contributed by atoms with E-state index >= 15 is 0 Å². The van der Waals surface area contributed by atoms with Crippen molar-refractivity contribution in [1.29, 1.82) is 0 Å². The quantitative estimate of drug-likeness (QED) is 0.682. The molecule has 0 spiro atoms. The van der Waals surface area contributed by atoms with Gasteiger partial charge in [-0.1, -0.05) is 28.1 Å². The van der Waals surface area contributed by atoms with E-state index in [0.717, 1.165) is 10.0 Å². The molecule has 0 amide bonds. The van der Waals surface area contributed by atoms with Gasteiger partial charge in [0.2, 0.25) is 0 Å². The standard InChI is InChI=1S/C17H24BrNO5/c1-16(2,3)24-14(20)10-19(11-17(4,23)15(21)22)9-12-5-7-13(18)8-6-12/h5-8,23H,9-11H2,1-4H3,(H,21,22)/t17-/m1/s1. The summed E-state index contributed by atoms with van der Waals surface area (Å²) in [5, 5.41) is 19.1. The minimum absolute atomic E-state index is 0.114. The van der Waals surface area contributed by atoms with Crippen LogP contribution in [0.25, 0.3) is 0 Å². The fourth-order valence-electron chi connectivity index (χ4n) is 2.08. The van der Waals surface area contributed by atoms with Gasteiger partial charge in [-0.25, -0.2) is 4.79 Å². The van der Waals surface area contributed by atoms with Crippen molar-refractivity contribution in [2.75, 3.05) is 13.1 Å². The number of esters is 1. The number of carbonyl (C=O) groups is 2. The summed E-state index contributed by atoms with van der Waals surface area (Å²) < 4.78 is 6.20. The first kappa shape index (κ1) is 20.6. The van der Waals surface area contributed by atoms with Crippen molar-refractivity contribution in [3.8, 4) is 0 Å². The maximum atomic E-state index is 12.1. The van der Waals surface area contributed by atoms with Crippen LogP contribution >= 0.6 is 15.9 Å². The number of nitrogens with zero attached hydrogens (tertiary/aromatic N) is 1. The maximum absolute atomic E-state index is 12.1. The second-order valence-corrected chi connectivity index (χ2v) is 7.85. The summed E-state index contributed by atoms with van der Waals surface area (Å²) in [6, 6.07) is 7.44. The molecule has 2 N–H and O–H groups in total. The molecule has 0 heterocycles. The largest absolute Gasteiger partial charge is 0.479 e. The number of benzene rings is 1. The summed E-state index contributed by atoms with van der Waals surface area (Å²) in [7, 11) is 0. The van der Waals surface area contributed by atoms with Gasteiger partial charge in [0, 0.05) is 17.6 Å². The number of carboxylic acids is 1. The summed E-state index contributed by atoms with van der Waals surface area (Å²) >= 11 is 3.35. The average Bonchev–Trinajstić information content (AvgIpc) is 2.38. The number of rotatable bonds is 7. The highest BCUT2D eigenvalue weighted by atomic mass is 79.9. The molecule has 0 aliphatic heterocycles. The molecular weight excluding hydrogens is 378 g/mol. The Kier molecular flexibility index (Phi) is 6.95. The third-order valence-corrected chi connectivity index (χ3v) is 3.61. The van der Waals surface area contributed by atoms with Gasteiger partial charge in [0.05, 0.1) is 6.54 Å². The molecule has 1 aromatic carbocycles. The lowest BCUT2D eigenvalue weighted by atomic mass is 10.1. The van der Waals surface area contributed by atoms with E-state index in [1.54, 1.807) is 25.7 Å². The zero-order valence-electron chi connectivity index (χ0n) is 14.4. The van der Waals surface area contributed by atoms with Crippen molar-refractivity contribution < 1.29 is 24.5 Å². The third kappa shape index (κ3) is 7.42. The highest BCUT2D eigenvalue weighted by molar-refractivity contribution is 9.10. The van der Waals surface area contributed by atoms with Gasteiger partial charge in [-0.3, -0.25) is 9.69 Å². The lowest BCUT2D eigenvalue weighted by Crippen LogP contribution is -2.48. The van der Waals surface area contributed by atoms with E-state index < -0.39 is 23.1 Å². The fourth-order valence-corrected chi connectivity index (χ4v) is 2.34.